The minimum absolute atomic E-state index is 0.446. The van der Waals surface area contributed by atoms with Crippen LogP contribution in [-0.4, -0.2) is 21.9 Å². The molecule has 0 bridgehead atoms. The predicted molar refractivity (Wildman–Crippen MR) is 60.3 cm³/mol. The van der Waals surface area contributed by atoms with Crippen molar-refractivity contribution in [1.82, 2.24) is 14.9 Å². The molecule has 2 aromatic heterocycles. The number of hydrogen-bond acceptors (Lipinski definition) is 5. The van der Waals surface area contributed by atoms with E-state index in [2.05, 4.69) is 14.9 Å². The monoisotopic (exact) mass is 218 g/mol. The van der Waals surface area contributed by atoms with Crippen molar-refractivity contribution < 1.29 is 4.42 Å². The molecule has 84 valence electrons. The summed E-state index contributed by atoms with van der Waals surface area (Å²) in [6.45, 7) is 1.56. The van der Waals surface area contributed by atoms with Gasteiger partial charge in [0.1, 0.15) is 5.82 Å². The van der Waals surface area contributed by atoms with E-state index >= 15 is 0 Å². The maximum Gasteiger partial charge on any atom is 0.141 e. The van der Waals surface area contributed by atoms with Gasteiger partial charge in [0.25, 0.3) is 0 Å². The molecule has 0 fully saturated rings. The lowest BCUT2D eigenvalue weighted by molar-refractivity contribution is 0.313. The highest BCUT2D eigenvalue weighted by Gasteiger charge is 2.03. The second-order valence-electron chi connectivity index (χ2n) is 3.74. The Morgan fingerprint density at radius 1 is 1.31 bits per heavy atom. The van der Waals surface area contributed by atoms with E-state index in [0.29, 0.717) is 5.82 Å². The van der Waals surface area contributed by atoms with Gasteiger partial charge < -0.3 is 10.2 Å². The molecule has 2 N–H and O–H groups in total. The second kappa shape index (κ2) is 4.76. The first-order valence-corrected chi connectivity index (χ1v) is 5.00. The van der Waals surface area contributed by atoms with Gasteiger partial charge in [0.2, 0.25) is 0 Å². The molecule has 5 heteroatoms. The number of nitrogen functional groups attached to an aromatic ring is 1. The van der Waals surface area contributed by atoms with Crippen molar-refractivity contribution in [2.24, 2.45) is 0 Å². The van der Waals surface area contributed by atoms with E-state index in [-0.39, 0.29) is 0 Å². The van der Waals surface area contributed by atoms with Crippen molar-refractivity contribution in [3.05, 3.63) is 42.2 Å². The first-order chi connectivity index (χ1) is 7.74. The topological polar surface area (TPSA) is 68.2 Å². The fourth-order valence-corrected chi connectivity index (χ4v) is 1.47. The smallest absolute Gasteiger partial charge is 0.141 e. The molecule has 0 amide bonds. The normalized spacial score (nSPS) is 10.9. The van der Waals surface area contributed by atoms with Gasteiger partial charge in [-0.3, -0.25) is 9.88 Å². The molecular weight excluding hydrogens is 204 g/mol. The molecule has 2 heterocycles. The van der Waals surface area contributed by atoms with Crippen molar-refractivity contribution in [2.75, 3.05) is 12.8 Å². The van der Waals surface area contributed by atoms with Crippen molar-refractivity contribution in [3.63, 3.8) is 0 Å². The lowest BCUT2D eigenvalue weighted by Gasteiger charge is -2.14. The molecular formula is C11H14N4O. The van der Waals surface area contributed by atoms with Gasteiger partial charge in [0, 0.05) is 18.7 Å². The predicted octanol–water partition coefficient (Wildman–Crippen LogP) is 1.28. The lowest BCUT2D eigenvalue weighted by Crippen LogP contribution is -2.17. The number of furan rings is 1. The minimum atomic E-state index is 0.446. The summed E-state index contributed by atoms with van der Waals surface area (Å²) < 4.78 is 5.01. The van der Waals surface area contributed by atoms with E-state index in [9.17, 15) is 0 Å². The van der Waals surface area contributed by atoms with E-state index in [4.69, 9.17) is 10.2 Å². The van der Waals surface area contributed by atoms with Gasteiger partial charge >= 0.3 is 0 Å². The van der Waals surface area contributed by atoms with Gasteiger partial charge in [0.15, 0.2) is 0 Å². The Bertz CT molecular complexity index is 424. The Labute approximate surface area is 93.9 Å². The zero-order valence-corrected chi connectivity index (χ0v) is 9.13. The lowest BCUT2D eigenvalue weighted by atomic mass is 10.3. The Morgan fingerprint density at radius 3 is 2.81 bits per heavy atom. The van der Waals surface area contributed by atoms with Crippen LogP contribution in [0.2, 0.25) is 0 Å². The average Bonchev–Trinajstić information content (AvgIpc) is 2.74. The van der Waals surface area contributed by atoms with Crippen LogP contribution in [0.15, 0.2) is 35.4 Å². The maximum atomic E-state index is 5.47. The quantitative estimate of drug-likeness (QED) is 0.837. The zero-order valence-electron chi connectivity index (χ0n) is 9.13. The maximum absolute atomic E-state index is 5.47. The van der Waals surface area contributed by atoms with Crippen LogP contribution in [0.25, 0.3) is 0 Å². The van der Waals surface area contributed by atoms with Crippen molar-refractivity contribution >= 4 is 5.82 Å². The Morgan fingerprint density at radius 2 is 2.19 bits per heavy atom. The number of hydrogen-bond donors (Lipinski definition) is 1. The van der Waals surface area contributed by atoms with Crippen LogP contribution in [0.3, 0.4) is 0 Å². The van der Waals surface area contributed by atoms with E-state index in [1.165, 1.54) is 0 Å². The first-order valence-electron chi connectivity index (χ1n) is 5.00. The number of aromatic nitrogens is 2. The summed E-state index contributed by atoms with van der Waals surface area (Å²) in [6.07, 6.45) is 6.68. The molecule has 0 aliphatic carbocycles. The summed E-state index contributed by atoms with van der Waals surface area (Å²) >= 11 is 0. The first kappa shape index (κ1) is 10.6. The van der Waals surface area contributed by atoms with Crippen LogP contribution in [-0.2, 0) is 13.1 Å². The highest BCUT2D eigenvalue weighted by molar-refractivity contribution is 5.22. The van der Waals surface area contributed by atoms with Crippen LogP contribution in [0.5, 0.6) is 0 Å². The third-order valence-electron chi connectivity index (χ3n) is 2.19. The molecule has 0 atom stereocenters. The molecule has 0 spiro atoms. The summed E-state index contributed by atoms with van der Waals surface area (Å²) in [5, 5.41) is 0. The number of rotatable bonds is 4. The molecule has 16 heavy (non-hydrogen) atoms. The average molecular weight is 218 g/mol. The van der Waals surface area contributed by atoms with Gasteiger partial charge in [-0.05, 0) is 13.1 Å². The van der Waals surface area contributed by atoms with E-state index in [1.54, 1.807) is 24.9 Å². The third kappa shape index (κ3) is 2.80. The molecule has 0 aliphatic rings. The summed E-state index contributed by atoms with van der Waals surface area (Å²) in [5.41, 5.74) is 7.51. The van der Waals surface area contributed by atoms with Gasteiger partial charge in [-0.2, -0.15) is 0 Å². The second-order valence-corrected chi connectivity index (χ2v) is 3.74. The van der Waals surface area contributed by atoms with Crippen molar-refractivity contribution in [2.45, 2.75) is 13.1 Å². The Balaban J connectivity index is 1.92. The van der Waals surface area contributed by atoms with Crippen LogP contribution < -0.4 is 5.73 Å². The largest absolute Gasteiger partial charge is 0.472 e. The van der Waals surface area contributed by atoms with Gasteiger partial charge in [-0.25, -0.2) is 4.98 Å². The van der Waals surface area contributed by atoms with Crippen LogP contribution >= 0.6 is 0 Å². The van der Waals surface area contributed by atoms with Crippen molar-refractivity contribution in [1.29, 1.82) is 0 Å². The fourth-order valence-electron chi connectivity index (χ4n) is 1.47. The van der Waals surface area contributed by atoms with Crippen LogP contribution in [0.4, 0.5) is 5.82 Å². The summed E-state index contributed by atoms with van der Waals surface area (Å²) in [4.78, 5) is 10.3. The fraction of sp³-hybridized carbons (Fsp3) is 0.273. The molecule has 2 aromatic rings. The molecule has 0 radical (unpaired) electrons. The number of nitrogens with zero attached hydrogens (tertiary/aromatic N) is 3. The third-order valence-corrected chi connectivity index (χ3v) is 2.19. The molecule has 5 nitrogen and oxygen atoms in total. The highest BCUT2D eigenvalue weighted by atomic mass is 16.3. The molecule has 0 saturated heterocycles. The standard InChI is InChI=1S/C11H14N4O/c1-15(6-9-2-3-16-8-9)7-10-4-14-11(12)5-13-10/h2-5,8H,6-7H2,1H3,(H2,12,14). The Hall–Kier alpha value is -1.88. The highest BCUT2D eigenvalue weighted by Crippen LogP contribution is 2.06. The zero-order chi connectivity index (χ0) is 11.4. The molecule has 0 unspecified atom stereocenters. The van der Waals surface area contributed by atoms with Gasteiger partial charge in [-0.15, -0.1) is 0 Å². The molecule has 0 aromatic carbocycles. The Kier molecular flexibility index (Phi) is 3.16. The summed E-state index contributed by atoms with van der Waals surface area (Å²) in [6, 6.07) is 1.95. The molecule has 0 saturated carbocycles. The summed E-state index contributed by atoms with van der Waals surface area (Å²) in [7, 11) is 2.02. The van der Waals surface area contributed by atoms with E-state index < -0.39 is 0 Å². The van der Waals surface area contributed by atoms with Crippen LogP contribution in [0.1, 0.15) is 11.3 Å². The van der Waals surface area contributed by atoms with Gasteiger partial charge in [-0.1, -0.05) is 0 Å². The van der Waals surface area contributed by atoms with Crippen molar-refractivity contribution in [3.8, 4) is 0 Å². The van der Waals surface area contributed by atoms with Crippen LogP contribution in [0, 0.1) is 0 Å². The SMILES string of the molecule is CN(Cc1ccoc1)Cc1cnc(N)cn1. The summed E-state index contributed by atoms with van der Waals surface area (Å²) in [5.74, 6) is 0.446. The van der Waals surface area contributed by atoms with Gasteiger partial charge in [0.05, 0.1) is 30.6 Å². The number of nitrogens with two attached hydrogens (primary N) is 1. The van der Waals surface area contributed by atoms with E-state index in [1.807, 2.05) is 13.1 Å². The molecule has 0 aliphatic heterocycles. The number of anilines is 1. The minimum Gasteiger partial charge on any atom is -0.472 e. The van der Waals surface area contributed by atoms with E-state index in [0.717, 1.165) is 24.3 Å². The molecule has 2 rings (SSSR count).